The molecule has 1 aromatic heterocycles. The van der Waals surface area contributed by atoms with Crippen molar-refractivity contribution in [2.24, 2.45) is 0 Å². The van der Waals surface area contributed by atoms with Crippen LogP contribution in [0.25, 0.3) is 0 Å². The first-order valence-electron chi connectivity index (χ1n) is 9.40. The van der Waals surface area contributed by atoms with Crippen LogP contribution in [0.4, 0.5) is 4.79 Å². The molecule has 1 aliphatic heterocycles. The summed E-state index contributed by atoms with van der Waals surface area (Å²) in [4.78, 5) is 34.0. The van der Waals surface area contributed by atoms with Gasteiger partial charge in [-0.05, 0) is 18.4 Å². The average Bonchev–Trinajstić information content (AvgIpc) is 2.77. The number of alkyl carbamates (subject to hydrolysis) is 1. The summed E-state index contributed by atoms with van der Waals surface area (Å²) in [7, 11) is 1.48. The van der Waals surface area contributed by atoms with Crippen LogP contribution in [0.3, 0.4) is 0 Å². The lowest BCUT2D eigenvalue weighted by atomic mass is 10.1. The van der Waals surface area contributed by atoms with Crippen LogP contribution >= 0.6 is 0 Å². The van der Waals surface area contributed by atoms with Gasteiger partial charge in [-0.25, -0.2) is 9.78 Å². The van der Waals surface area contributed by atoms with Gasteiger partial charge in [0.2, 0.25) is 11.8 Å². The van der Waals surface area contributed by atoms with Gasteiger partial charge in [-0.3, -0.25) is 4.79 Å². The van der Waals surface area contributed by atoms with E-state index >= 15 is 0 Å². The Morgan fingerprint density at radius 1 is 1.24 bits per heavy atom. The lowest BCUT2D eigenvalue weighted by Gasteiger charge is -2.32. The summed E-state index contributed by atoms with van der Waals surface area (Å²) in [6.07, 6.45) is 2.36. The van der Waals surface area contributed by atoms with E-state index in [1.807, 2.05) is 30.3 Å². The molecule has 1 atom stereocenters. The molecular formula is C20H24N4O5. The van der Waals surface area contributed by atoms with Crippen LogP contribution in [0.5, 0.6) is 11.9 Å². The third-order valence-electron chi connectivity index (χ3n) is 4.41. The van der Waals surface area contributed by atoms with Crippen molar-refractivity contribution in [2.45, 2.75) is 25.6 Å². The van der Waals surface area contributed by atoms with Crippen molar-refractivity contribution in [1.29, 1.82) is 0 Å². The zero-order valence-corrected chi connectivity index (χ0v) is 16.2. The van der Waals surface area contributed by atoms with E-state index in [1.165, 1.54) is 7.11 Å². The molecule has 1 aromatic carbocycles. The number of ether oxygens (including phenoxy) is 3. The van der Waals surface area contributed by atoms with Crippen LogP contribution in [-0.4, -0.2) is 59.7 Å². The smallest absolute Gasteiger partial charge is 0.407 e. The van der Waals surface area contributed by atoms with E-state index in [1.54, 1.807) is 17.2 Å². The van der Waals surface area contributed by atoms with E-state index in [2.05, 4.69) is 15.3 Å². The molecule has 0 aliphatic carbocycles. The second-order valence-electron chi connectivity index (χ2n) is 6.52. The third kappa shape index (κ3) is 6.34. The molecule has 0 saturated carbocycles. The van der Waals surface area contributed by atoms with Crippen LogP contribution in [0, 0.1) is 0 Å². The summed E-state index contributed by atoms with van der Waals surface area (Å²) in [6, 6.07) is 11.2. The number of nitrogens with zero attached hydrogens (tertiary/aromatic N) is 3. The van der Waals surface area contributed by atoms with Crippen molar-refractivity contribution in [3.63, 3.8) is 0 Å². The maximum Gasteiger partial charge on any atom is 0.407 e. The number of amides is 2. The SMILES string of the molecule is COc1nccc(OC2CCCN(C(=O)CNC(=O)OCc3ccccc3)C2)n1. The van der Waals surface area contributed by atoms with E-state index in [4.69, 9.17) is 14.2 Å². The number of carbonyl (C=O) groups excluding carboxylic acids is 2. The zero-order chi connectivity index (χ0) is 20.5. The van der Waals surface area contributed by atoms with Gasteiger partial charge in [0.25, 0.3) is 0 Å². The molecule has 1 unspecified atom stereocenters. The summed E-state index contributed by atoms with van der Waals surface area (Å²) >= 11 is 0. The fraction of sp³-hybridized carbons (Fsp3) is 0.400. The first-order valence-corrected chi connectivity index (χ1v) is 9.40. The van der Waals surface area contributed by atoms with Gasteiger partial charge in [0.1, 0.15) is 19.3 Å². The van der Waals surface area contributed by atoms with Crippen LogP contribution in [0.2, 0.25) is 0 Å². The molecule has 29 heavy (non-hydrogen) atoms. The maximum atomic E-state index is 12.4. The second kappa shape index (κ2) is 10.3. The van der Waals surface area contributed by atoms with Gasteiger partial charge in [0.05, 0.1) is 13.7 Å². The molecule has 0 bridgehead atoms. The highest BCUT2D eigenvalue weighted by Gasteiger charge is 2.25. The van der Waals surface area contributed by atoms with E-state index in [9.17, 15) is 9.59 Å². The zero-order valence-electron chi connectivity index (χ0n) is 16.2. The number of aromatic nitrogens is 2. The van der Waals surface area contributed by atoms with E-state index in [-0.39, 0.29) is 31.2 Å². The van der Waals surface area contributed by atoms with Gasteiger partial charge in [0, 0.05) is 18.8 Å². The Bertz CT molecular complexity index is 818. The molecule has 2 heterocycles. The molecule has 0 spiro atoms. The maximum absolute atomic E-state index is 12.4. The van der Waals surface area contributed by atoms with Crippen LogP contribution in [-0.2, 0) is 16.1 Å². The lowest BCUT2D eigenvalue weighted by Crippen LogP contribution is -2.48. The Hall–Kier alpha value is -3.36. The molecule has 9 heteroatoms. The predicted octanol–water partition coefficient (Wildman–Crippen LogP) is 1.78. The molecule has 0 radical (unpaired) electrons. The molecule has 1 N–H and O–H groups in total. The van der Waals surface area contributed by atoms with Gasteiger partial charge in [-0.2, -0.15) is 4.98 Å². The van der Waals surface area contributed by atoms with Gasteiger partial charge < -0.3 is 24.4 Å². The van der Waals surface area contributed by atoms with E-state index < -0.39 is 6.09 Å². The average molecular weight is 400 g/mol. The molecule has 3 rings (SSSR count). The third-order valence-corrected chi connectivity index (χ3v) is 4.41. The van der Waals surface area contributed by atoms with Crippen molar-refractivity contribution in [1.82, 2.24) is 20.2 Å². The number of nitrogens with one attached hydrogen (secondary N) is 1. The van der Waals surface area contributed by atoms with Gasteiger partial charge in [-0.1, -0.05) is 30.3 Å². The number of likely N-dealkylation sites (tertiary alicyclic amines) is 1. The van der Waals surface area contributed by atoms with Crippen LogP contribution < -0.4 is 14.8 Å². The minimum absolute atomic E-state index is 0.123. The Labute approximate surface area is 169 Å². The fourth-order valence-corrected chi connectivity index (χ4v) is 2.95. The first kappa shape index (κ1) is 20.4. The normalized spacial score (nSPS) is 16.0. The number of methoxy groups -OCH3 is 1. The molecule has 1 fully saturated rings. The monoisotopic (exact) mass is 400 g/mol. The summed E-state index contributed by atoms with van der Waals surface area (Å²) in [6.45, 7) is 1.07. The molecule has 9 nitrogen and oxygen atoms in total. The van der Waals surface area contributed by atoms with Crippen molar-refractivity contribution < 1.29 is 23.8 Å². The molecule has 2 aromatic rings. The quantitative estimate of drug-likeness (QED) is 0.756. The number of rotatable bonds is 7. The molecule has 2 amide bonds. The second-order valence-corrected chi connectivity index (χ2v) is 6.52. The number of carbonyl (C=O) groups is 2. The Balaban J connectivity index is 1.42. The fourth-order valence-electron chi connectivity index (χ4n) is 2.95. The van der Waals surface area contributed by atoms with Crippen LogP contribution in [0.15, 0.2) is 42.6 Å². The van der Waals surface area contributed by atoms with Gasteiger partial charge in [0.15, 0.2) is 0 Å². The Morgan fingerprint density at radius 3 is 2.86 bits per heavy atom. The predicted molar refractivity (Wildman–Crippen MR) is 103 cm³/mol. The molecule has 1 saturated heterocycles. The number of hydrogen-bond acceptors (Lipinski definition) is 7. The van der Waals surface area contributed by atoms with Crippen molar-refractivity contribution in [2.75, 3.05) is 26.7 Å². The highest BCUT2D eigenvalue weighted by molar-refractivity contribution is 5.82. The van der Waals surface area contributed by atoms with Crippen LogP contribution in [0.1, 0.15) is 18.4 Å². The summed E-state index contributed by atoms with van der Waals surface area (Å²) < 4.78 is 16.0. The Kier molecular flexibility index (Phi) is 7.21. The molecule has 154 valence electrons. The molecule has 1 aliphatic rings. The van der Waals surface area contributed by atoms with Crippen molar-refractivity contribution in [3.8, 4) is 11.9 Å². The topological polar surface area (TPSA) is 103 Å². The largest absolute Gasteiger partial charge is 0.472 e. The molecular weight excluding hydrogens is 376 g/mol. The minimum Gasteiger partial charge on any atom is -0.472 e. The van der Waals surface area contributed by atoms with Gasteiger partial charge >= 0.3 is 12.1 Å². The van der Waals surface area contributed by atoms with Gasteiger partial charge in [-0.15, -0.1) is 0 Å². The first-order chi connectivity index (χ1) is 14.1. The summed E-state index contributed by atoms with van der Waals surface area (Å²) in [5, 5.41) is 2.50. The number of benzene rings is 1. The van der Waals surface area contributed by atoms with Crippen molar-refractivity contribution >= 4 is 12.0 Å². The Morgan fingerprint density at radius 2 is 2.07 bits per heavy atom. The standard InChI is InChI=1S/C20H24N4O5/c1-27-19-21-10-9-17(23-19)29-16-8-5-11-24(13-16)18(25)12-22-20(26)28-14-15-6-3-2-4-7-15/h2-4,6-7,9-10,16H,5,8,11-14H2,1H3,(H,22,26). The lowest BCUT2D eigenvalue weighted by molar-refractivity contribution is -0.132. The van der Waals surface area contributed by atoms with E-state index in [0.29, 0.717) is 19.0 Å². The highest BCUT2D eigenvalue weighted by Crippen LogP contribution is 2.18. The summed E-state index contributed by atoms with van der Waals surface area (Å²) in [5.74, 6) is 0.217. The van der Waals surface area contributed by atoms with E-state index in [0.717, 1.165) is 18.4 Å². The minimum atomic E-state index is -0.625. The highest BCUT2D eigenvalue weighted by atomic mass is 16.5. The number of piperidine rings is 1. The van der Waals surface area contributed by atoms with Crippen molar-refractivity contribution in [3.05, 3.63) is 48.2 Å². The summed E-state index contributed by atoms with van der Waals surface area (Å²) in [5.41, 5.74) is 0.881. The number of hydrogen-bond donors (Lipinski definition) is 1.